The van der Waals surface area contributed by atoms with Crippen molar-refractivity contribution in [1.82, 2.24) is 0 Å². The van der Waals surface area contributed by atoms with Crippen molar-refractivity contribution in [3.05, 3.63) is 48.6 Å². The SMILES string of the molecule is CC[C@@H](O)CC/C=C\C/C=C\C/C=C\C/C=C\CCCC(=O)O[C@H](COC(=O)CCCCCCCCCCCC(C)C)COP(=O)(O)OC[C@@H](O)CO. The minimum absolute atomic E-state index is 0.0942. The molecule has 308 valence electrons. The smallest absolute Gasteiger partial charge is 0.462 e. The van der Waals surface area contributed by atoms with E-state index in [1.165, 1.54) is 38.5 Å². The van der Waals surface area contributed by atoms with Gasteiger partial charge in [0.15, 0.2) is 6.10 Å². The van der Waals surface area contributed by atoms with E-state index in [-0.39, 0.29) is 25.6 Å². The summed E-state index contributed by atoms with van der Waals surface area (Å²) in [4.78, 5) is 34.8. The Labute approximate surface area is 320 Å². The van der Waals surface area contributed by atoms with Crippen LogP contribution >= 0.6 is 7.82 Å². The third-order valence-electron chi connectivity index (χ3n) is 8.33. The van der Waals surface area contributed by atoms with Gasteiger partial charge in [-0.05, 0) is 63.7 Å². The number of ether oxygens (including phenoxy) is 2. The molecule has 0 aromatic rings. The van der Waals surface area contributed by atoms with Gasteiger partial charge in [-0.25, -0.2) is 4.57 Å². The summed E-state index contributed by atoms with van der Waals surface area (Å²) in [5.74, 6) is -0.243. The minimum Gasteiger partial charge on any atom is -0.462 e. The van der Waals surface area contributed by atoms with Crippen molar-refractivity contribution < 1.29 is 52.9 Å². The molecule has 53 heavy (non-hydrogen) atoms. The number of rotatable bonds is 36. The van der Waals surface area contributed by atoms with Gasteiger partial charge in [0.25, 0.3) is 0 Å². The van der Waals surface area contributed by atoms with E-state index < -0.39 is 51.8 Å². The summed E-state index contributed by atoms with van der Waals surface area (Å²) in [6.07, 6.45) is 31.9. The maximum Gasteiger partial charge on any atom is 0.472 e. The van der Waals surface area contributed by atoms with Crippen molar-refractivity contribution in [2.24, 2.45) is 5.92 Å². The van der Waals surface area contributed by atoms with E-state index in [4.69, 9.17) is 19.1 Å². The van der Waals surface area contributed by atoms with Gasteiger partial charge in [0.2, 0.25) is 0 Å². The maximum atomic E-state index is 12.5. The number of carbonyl (C=O) groups is 2. The second kappa shape index (κ2) is 35.6. The van der Waals surface area contributed by atoms with Crippen LogP contribution in [0.1, 0.15) is 149 Å². The highest BCUT2D eigenvalue weighted by atomic mass is 31.2. The molecule has 1 unspecified atom stereocenters. The number of hydrogen-bond acceptors (Lipinski definition) is 10. The first-order valence-corrected chi connectivity index (χ1v) is 21.5. The largest absolute Gasteiger partial charge is 0.472 e. The number of phosphoric ester groups is 1. The van der Waals surface area contributed by atoms with Crippen LogP contribution in [0.15, 0.2) is 48.6 Å². The highest BCUT2D eigenvalue weighted by molar-refractivity contribution is 7.47. The molecule has 0 saturated heterocycles. The number of esters is 2. The molecule has 0 aliphatic heterocycles. The molecule has 0 aromatic heterocycles. The monoisotopic (exact) mass is 772 g/mol. The van der Waals surface area contributed by atoms with Crippen LogP contribution in [0.25, 0.3) is 0 Å². The van der Waals surface area contributed by atoms with E-state index in [0.717, 1.165) is 63.7 Å². The topological polar surface area (TPSA) is 169 Å². The van der Waals surface area contributed by atoms with Crippen molar-refractivity contribution in [3.63, 3.8) is 0 Å². The molecule has 0 rings (SSSR count). The molecule has 0 spiro atoms. The summed E-state index contributed by atoms with van der Waals surface area (Å²) in [7, 11) is -4.64. The first-order chi connectivity index (χ1) is 25.5. The molecule has 0 saturated carbocycles. The summed E-state index contributed by atoms with van der Waals surface area (Å²) in [6.45, 7) is 4.29. The van der Waals surface area contributed by atoms with Crippen molar-refractivity contribution >= 4 is 19.8 Å². The van der Waals surface area contributed by atoms with Crippen LogP contribution in [0, 0.1) is 5.92 Å². The van der Waals surface area contributed by atoms with Crippen molar-refractivity contribution in [3.8, 4) is 0 Å². The molecule has 12 heteroatoms. The second-order valence-corrected chi connectivity index (χ2v) is 15.4. The van der Waals surface area contributed by atoms with Gasteiger partial charge in [-0.1, -0.05) is 127 Å². The minimum atomic E-state index is -4.64. The number of carbonyl (C=O) groups excluding carboxylic acids is 2. The molecule has 0 fully saturated rings. The summed E-state index contributed by atoms with van der Waals surface area (Å²) in [5.41, 5.74) is 0. The predicted octanol–water partition coefficient (Wildman–Crippen LogP) is 8.99. The molecule has 0 amide bonds. The Morgan fingerprint density at radius 3 is 1.70 bits per heavy atom. The van der Waals surface area contributed by atoms with Gasteiger partial charge in [-0.15, -0.1) is 0 Å². The lowest BCUT2D eigenvalue weighted by Gasteiger charge is -2.20. The van der Waals surface area contributed by atoms with Gasteiger partial charge in [0.1, 0.15) is 12.7 Å². The molecular formula is C41H73O11P. The number of aliphatic hydroxyl groups excluding tert-OH is 3. The Kier molecular flexibility index (Phi) is 34.2. The normalized spacial score (nSPS) is 15.2. The van der Waals surface area contributed by atoms with Gasteiger partial charge in [0.05, 0.1) is 25.9 Å². The summed E-state index contributed by atoms with van der Waals surface area (Å²) < 4.78 is 32.5. The first kappa shape index (κ1) is 50.9. The number of aliphatic hydroxyl groups is 3. The third kappa shape index (κ3) is 36.6. The fraction of sp³-hybridized carbons (Fsp3) is 0.756. The Balaban J connectivity index is 4.47. The van der Waals surface area contributed by atoms with Crippen molar-refractivity contribution in [1.29, 1.82) is 0 Å². The van der Waals surface area contributed by atoms with Gasteiger partial charge in [0, 0.05) is 12.8 Å². The van der Waals surface area contributed by atoms with Crippen LogP contribution in [0.3, 0.4) is 0 Å². The fourth-order valence-electron chi connectivity index (χ4n) is 5.03. The zero-order valence-corrected chi connectivity index (χ0v) is 33.9. The summed E-state index contributed by atoms with van der Waals surface area (Å²) in [5, 5.41) is 27.8. The van der Waals surface area contributed by atoms with Crippen molar-refractivity contribution in [2.45, 2.75) is 167 Å². The van der Waals surface area contributed by atoms with Crippen LogP contribution in [0.4, 0.5) is 0 Å². The zero-order chi connectivity index (χ0) is 39.4. The average molecular weight is 773 g/mol. The quantitative estimate of drug-likeness (QED) is 0.0208. The molecule has 0 heterocycles. The standard InChI is InChI=1S/C41H73O11P/c1-4-37(43)29-25-21-17-13-9-7-5-6-8-10-14-19-23-27-31-41(46)52-39(35-51-53(47,48)50-33-38(44)32-42)34-49-40(45)30-26-22-18-15-11-12-16-20-24-28-36(2)3/h6-9,14,17,19,21,36-39,42-44H,4-5,10-13,15-16,18,20,22-35H2,1-3H3,(H,47,48)/b8-6-,9-7-,19-14-,21-17-/t37-,38+,39-/m1/s1. The van der Waals surface area contributed by atoms with Crippen LogP contribution in [0.5, 0.6) is 0 Å². The molecule has 11 nitrogen and oxygen atoms in total. The molecule has 0 radical (unpaired) electrons. The Morgan fingerprint density at radius 1 is 0.623 bits per heavy atom. The molecule has 0 aliphatic rings. The van der Waals surface area contributed by atoms with Gasteiger partial charge in [-0.2, -0.15) is 0 Å². The lowest BCUT2D eigenvalue weighted by molar-refractivity contribution is -0.161. The molecule has 4 atom stereocenters. The van der Waals surface area contributed by atoms with Gasteiger partial charge < -0.3 is 29.7 Å². The third-order valence-corrected chi connectivity index (χ3v) is 9.28. The van der Waals surface area contributed by atoms with E-state index in [9.17, 15) is 29.3 Å². The second-order valence-electron chi connectivity index (χ2n) is 13.9. The van der Waals surface area contributed by atoms with E-state index in [1.807, 2.05) is 19.1 Å². The van der Waals surface area contributed by atoms with Crippen molar-refractivity contribution in [2.75, 3.05) is 26.4 Å². The molecule has 0 aliphatic carbocycles. The summed E-state index contributed by atoms with van der Waals surface area (Å²) in [6, 6.07) is 0. The lowest BCUT2D eigenvalue weighted by atomic mass is 10.0. The number of allylic oxidation sites excluding steroid dienone is 8. The van der Waals surface area contributed by atoms with Crippen LogP contribution in [-0.2, 0) is 32.7 Å². The highest BCUT2D eigenvalue weighted by Gasteiger charge is 2.27. The predicted molar refractivity (Wildman–Crippen MR) is 211 cm³/mol. The Bertz CT molecular complexity index is 1060. The van der Waals surface area contributed by atoms with E-state index in [1.54, 1.807) is 0 Å². The number of phosphoric acid groups is 1. The first-order valence-electron chi connectivity index (χ1n) is 20.0. The van der Waals surface area contributed by atoms with Crippen LogP contribution < -0.4 is 0 Å². The van der Waals surface area contributed by atoms with Crippen LogP contribution in [0.2, 0.25) is 0 Å². The maximum absolute atomic E-state index is 12.5. The van der Waals surface area contributed by atoms with E-state index >= 15 is 0 Å². The average Bonchev–Trinajstić information content (AvgIpc) is 3.13. The Hall–Kier alpha value is -2.11. The van der Waals surface area contributed by atoms with Gasteiger partial charge >= 0.3 is 19.8 Å². The molecular weight excluding hydrogens is 699 g/mol. The lowest BCUT2D eigenvalue weighted by Crippen LogP contribution is -2.29. The molecule has 0 aromatic carbocycles. The molecule has 0 bridgehead atoms. The van der Waals surface area contributed by atoms with Gasteiger partial charge in [-0.3, -0.25) is 18.6 Å². The fourth-order valence-corrected chi connectivity index (χ4v) is 5.82. The zero-order valence-electron chi connectivity index (χ0n) is 33.0. The van der Waals surface area contributed by atoms with Crippen LogP contribution in [-0.4, -0.2) is 76.9 Å². The number of hydrogen-bond donors (Lipinski definition) is 4. The highest BCUT2D eigenvalue weighted by Crippen LogP contribution is 2.43. The van der Waals surface area contributed by atoms with E-state index in [2.05, 4.69) is 54.8 Å². The summed E-state index contributed by atoms with van der Waals surface area (Å²) >= 11 is 0. The number of unbranched alkanes of at least 4 members (excludes halogenated alkanes) is 9. The van der Waals surface area contributed by atoms with E-state index in [0.29, 0.717) is 19.3 Å². The molecule has 4 N–H and O–H groups in total. The Morgan fingerprint density at radius 2 is 1.13 bits per heavy atom.